The van der Waals surface area contributed by atoms with Gasteiger partial charge in [-0.1, -0.05) is 11.3 Å². The fourth-order valence-corrected chi connectivity index (χ4v) is 4.14. The number of ether oxygens (including phenoxy) is 1. The third kappa shape index (κ3) is 4.56. The highest BCUT2D eigenvalue weighted by Gasteiger charge is 2.27. The Balaban J connectivity index is 1.79. The molecule has 0 saturated carbocycles. The van der Waals surface area contributed by atoms with Crippen LogP contribution in [0.25, 0.3) is 0 Å². The third-order valence-corrected chi connectivity index (χ3v) is 5.18. The Morgan fingerprint density at radius 3 is 2.65 bits per heavy atom. The fourth-order valence-electron chi connectivity index (χ4n) is 1.97. The Kier molecular flexibility index (Phi) is 4.80. The monoisotopic (exact) mass is 315 g/mol. The number of hydrogen-bond acceptors (Lipinski definition) is 6. The maximum atomic E-state index is 12.0. The van der Waals surface area contributed by atoms with Crippen molar-refractivity contribution in [2.24, 2.45) is 0 Å². The van der Waals surface area contributed by atoms with E-state index in [1.54, 1.807) is 4.90 Å². The number of likely N-dealkylation sites (tertiary alicyclic amines) is 1. The highest BCUT2D eigenvalue weighted by molar-refractivity contribution is 8.01. The zero-order chi connectivity index (χ0) is 14.8. The van der Waals surface area contributed by atoms with Gasteiger partial charge in [0.25, 0.3) is 0 Å². The molecular formula is C13H21N3O2S2. The summed E-state index contributed by atoms with van der Waals surface area (Å²) in [6, 6.07) is 0. The molecule has 112 valence electrons. The number of nitrogens with two attached hydrogens (primary N) is 1. The van der Waals surface area contributed by atoms with Crippen LogP contribution in [-0.2, 0) is 4.74 Å². The van der Waals surface area contributed by atoms with E-state index in [1.807, 2.05) is 38.7 Å². The van der Waals surface area contributed by atoms with Crippen LogP contribution in [0, 0.1) is 0 Å². The van der Waals surface area contributed by atoms with E-state index >= 15 is 0 Å². The first-order chi connectivity index (χ1) is 9.33. The number of piperidine rings is 1. The Hall–Kier alpha value is -0.950. The van der Waals surface area contributed by atoms with Crippen LogP contribution in [0.3, 0.4) is 0 Å². The number of nitrogen functional groups attached to an aromatic ring is 1. The first kappa shape index (κ1) is 15.4. The number of thiazole rings is 1. The number of thioether (sulfide) groups is 1. The summed E-state index contributed by atoms with van der Waals surface area (Å²) in [6.45, 7) is 7.17. The molecule has 0 atom stereocenters. The number of anilines is 1. The number of nitrogens with zero attached hydrogens (tertiary/aromatic N) is 2. The lowest BCUT2D eigenvalue weighted by Gasteiger charge is -2.33. The van der Waals surface area contributed by atoms with Crippen molar-refractivity contribution in [2.75, 3.05) is 18.8 Å². The molecule has 0 aliphatic carbocycles. The Morgan fingerprint density at radius 2 is 2.15 bits per heavy atom. The van der Waals surface area contributed by atoms with Gasteiger partial charge in [0.15, 0.2) is 5.13 Å². The Morgan fingerprint density at radius 1 is 1.50 bits per heavy atom. The molecule has 5 nitrogen and oxygen atoms in total. The highest BCUT2D eigenvalue weighted by atomic mass is 32.2. The number of amides is 1. The SMILES string of the molecule is CC(C)(C)OC(=O)N1CCC(Sc2cnc(N)s2)CC1. The molecule has 1 aliphatic heterocycles. The summed E-state index contributed by atoms with van der Waals surface area (Å²) in [5.74, 6) is 0. The van der Waals surface area contributed by atoms with Gasteiger partial charge in [-0.05, 0) is 33.6 Å². The number of carbonyl (C=O) groups excluding carboxylic acids is 1. The molecule has 1 aromatic rings. The van der Waals surface area contributed by atoms with E-state index in [-0.39, 0.29) is 6.09 Å². The lowest BCUT2D eigenvalue weighted by molar-refractivity contribution is 0.0219. The molecule has 1 saturated heterocycles. The van der Waals surface area contributed by atoms with Crippen molar-refractivity contribution in [3.8, 4) is 0 Å². The summed E-state index contributed by atoms with van der Waals surface area (Å²) in [5.41, 5.74) is 5.20. The molecule has 7 heteroatoms. The van der Waals surface area contributed by atoms with E-state index in [9.17, 15) is 4.79 Å². The molecule has 2 heterocycles. The normalized spacial score (nSPS) is 17.2. The molecule has 2 N–H and O–H groups in total. The van der Waals surface area contributed by atoms with Gasteiger partial charge in [-0.2, -0.15) is 0 Å². The molecule has 20 heavy (non-hydrogen) atoms. The maximum Gasteiger partial charge on any atom is 0.410 e. The second-order valence-corrected chi connectivity index (χ2v) is 8.46. The van der Waals surface area contributed by atoms with Gasteiger partial charge < -0.3 is 15.4 Å². The van der Waals surface area contributed by atoms with Crippen molar-refractivity contribution in [2.45, 2.75) is 48.7 Å². The third-order valence-electron chi connectivity index (χ3n) is 2.88. The first-order valence-electron chi connectivity index (χ1n) is 6.69. The van der Waals surface area contributed by atoms with Gasteiger partial charge in [0.2, 0.25) is 0 Å². The molecule has 1 amide bonds. The second-order valence-electron chi connectivity index (χ2n) is 5.80. The van der Waals surface area contributed by atoms with Gasteiger partial charge in [-0.25, -0.2) is 9.78 Å². The van der Waals surface area contributed by atoms with Gasteiger partial charge >= 0.3 is 6.09 Å². The fraction of sp³-hybridized carbons (Fsp3) is 0.692. The number of carbonyl (C=O) groups is 1. The molecule has 1 fully saturated rings. The minimum absolute atomic E-state index is 0.206. The van der Waals surface area contributed by atoms with E-state index < -0.39 is 5.60 Å². The largest absolute Gasteiger partial charge is 0.444 e. The zero-order valence-electron chi connectivity index (χ0n) is 12.1. The first-order valence-corrected chi connectivity index (χ1v) is 8.39. The quantitative estimate of drug-likeness (QED) is 0.907. The maximum absolute atomic E-state index is 12.0. The van der Waals surface area contributed by atoms with Crippen LogP contribution in [-0.4, -0.2) is 39.9 Å². The van der Waals surface area contributed by atoms with E-state index in [1.165, 1.54) is 11.3 Å². The number of rotatable bonds is 2. The predicted molar refractivity (Wildman–Crippen MR) is 83.2 cm³/mol. The van der Waals surface area contributed by atoms with Gasteiger partial charge in [0, 0.05) is 18.3 Å². The topological polar surface area (TPSA) is 68.5 Å². The van der Waals surface area contributed by atoms with E-state index in [0.29, 0.717) is 10.4 Å². The van der Waals surface area contributed by atoms with Crippen molar-refractivity contribution in [1.82, 2.24) is 9.88 Å². The van der Waals surface area contributed by atoms with Crippen LogP contribution in [0.15, 0.2) is 10.4 Å². The van der Waals surface area contributed by atoms with Crippen LogP contribution in [0.2, 0.25) is 0 Å². The molecule has 0 unspecified atom stereocenters. The van der Waals surface area contributed by atoms with Gasteiger partial charge in [0.1, 0.15) is 5.60 Å². The van der Waals surface area contributed by atoms with Gasteiger partial charge in [-0.3, -0.25) is 0 Å². The summed E-state index contributed by atoms with van der Waals surface area (Å²) in [5, 5.41) is 1.13. The number of aromatic nitrogens is 1. The molecule has 2 rings (SSSR count). The summed E-state index contributed by atoms with van der Waals surface area (Å²) >= 11 is 3.33. The number of hydrogen-bond donors (Lipinski definition) is 1. The minimum Gasteiger partial charge on any atom is -0.444 e. The lowest BCUT2D eigenvalue weighted by Crippen LogP contribution is -2.42. The molecule has 0 radical (unpaired) electrons. The average molecular weight is 315 g/mol. The van der Waals surface area contributed by atoms with Crippen LogP contribution < -0.4 is 5.73 Å². The molecule has 0 aromatic carbocycles. The van der Waals surface area contributed by atoms with Crippen molar-refractivity contribution < 1.29 is 9.53 Å². The van der Waals surface area contributed by atoms with Crippen molar-refractivity contribution in [3.05, 3.63) is 6.20 Å². The molecular weight excluding hydrogens is 294 g/mol. The van der Waals surface area contributed by atoms with Gasteiger partial charge in [-0.15, -0.1) is 11.8 Å². The summed E-state index contributed by atoms with van der Waals surface area (Å²) in [6.07, 6.45) is 3.57. The van der Waals surface area contributed by atoms with Crippen molar-refractivity contribution in [3.63, 3.8) is 0 Å². The highest BCUT2D eigenvalue weighted by Crippen LogP contribution is 2.34. The predicted octanol–water partition coefficient (Wildman–Crippen LogP) is 3.22. The molecule has 0 spiro atoms. The van der Waals surface area contributed by atoms with Crippen LogP contribution >= 0.6 is 23.1 Å². The summed E-state index contributed by atoms with van der Waals surface area (Å²) in [4.78, 5) is 17.8. The molecule has 0 bridgehead atoms. The standard InChI is InChI=1S/C13H21N3O2S2/c1-13(2,3)18-12(17)16-6-4-9(5-7-16)19-10-8-15-11(14)20-10/h8-9H,4-7H2,1-3H3,(H2,14,15). The second kappa shape index (κ2) is 6.22. The van der Waals surface area contributed by atoms with Crippen LogP contribution in [0.5, 0.6) is 0 Å². The minimum atomic E-state index is -0.428. The smallest absolute Gasteiger partial charge is 0.410 e. The van der Waals surface area contributed by atoms with Crippen LogP contribution in [0.1, 0.15) is 33.6 Å². The van der Waals surface area contributed by atoms with Crippen molar-refractivity contribution in [1.29, 1.82) is 0 Å². The lowest BCUT2D eigenvalue weighted by atomic mass is 10.1. The van der Waals surface area contributed by atoms with E-state index in [0.717, 1.165) is 30.1 Å². The molecule has 1 aliphatic rings. The Bertz CT molecular complexity index is 462. The van der Waals surface area contributed by atoms with E-state index in [2.05, 4.69) is 4.98 Å². The zero-order valence-corrected chi connectivity index (χ0v) is 13.7. The summed E-state index contributed by atoms with van der Waals surface area (Å²) in [7, 11) is 0. The summed E-state index contributed by atoms with van der Waals surface area (Å²) < 4.78 is 6.54. The average Bonchev–Trinajstić information content (AvgIpc) is 2.73. The Labute approximate surface area is 127 Å². The van der Waals surface area contributed by atoms with Crippen LogP contribution in [0.4, 0.5) is 9.93 Å². The van der Waals surface area contributed by atoms with Gasteiger partial charge in [0.05, 0.1) is 10.4 Å². The van der Waals surface area contributed by atoms with Crippen molar-refractivity contribution >= 4 is 34.3 Å². The molecule has 1 aromatic heterocycles. The van der Waals surface area contributed by atoms with E-state index in [4.69, 9.17) is 10.5 Å².